The highest BCUT2D eigenvalue weighted by molar-refractivity contribution is 9.10. The molecule has 2 heterocycles. The van der Waals surface area contributed by atoms with E-state index in [1.165, 1.54) is 0 Å². The number of anilines is 1. The summed E-state index contributed by atoms with van der Waals surface area (Å²) in [5, 5.41) is 0.488. The van der Waals surface area contributed by atoms with E-state index < -0.39 is 6.04 Å². The topological polar surface area (TPSA) is 59.8 Å². The number of benzene rings is 3. The van der Waals surface area contributed by atoms with Gasteiger partial charge in [0.1, 0.15) is 11.3 Å². The van der Waals surface area contributed by atoms with Crippen LogP contribution in [0.5, 0.6) is 5.75 Å². The number of nitrogens with zero attached hydrogens (tertiary/aromatic N) is 1. The summed E-state index contributed by atoms with van der Waals surface area (Å²) in [5.74, 6) is 0.536. The summed E-state index contributed by atoms with van der Waals surface area (Å²) < 4.78 is 12.8. The molecule has 0 spiro atoms. The van der Waals surface area contributed by atoms with Crippen molar-refractivity contribution in [2.24, 2.45) is 0 Å². The monoisotopic (exact) mass is 531 g/mol. The molecule has 0 saturated carbocycles. The van der Waals surface area contributed by atoms with Crippen molar-refractivity contribution in [2.75, 3.05) is 11.5 Å². The lowest BCUT2D eigenvalue weighted by atomic mass is 9.97. The third kappa shape index (κ3) is 4.16. The first-order valence-electron chi connectivity index (χ1n) is 11.8. The van der Waals surface area contributed by atoms with E-state index in [4.69, 9.17) is 9.15 Å². The molecule has 0 aliphatic carbocycles. The van der Waals surface area contributed by atoms with Gasteiger partial charge in [-0.1, -0.05) is 41.4 Å². The lowest BCUT2D eigenvalue weighted by molar-refractivity contribution is 0.0971. The van der Waals surface area contributed by atoms with Crippen molar-refractivity contribution >= 4 is 38.5 Å². The number of halogens is 1. The summed E-state index contributed by atoms with van der Waals surface area (Å²) in [6.07, 6.45) is 2.04. The Labute approximate surface area is 212 Å². The van der Waals surface area contributed by atoms with Crippen LogP contribution in [0.1, 0.15) is 58.6 Å². The van der Waals surface area contributed by atoms with Crippen molar-refractivity contribution in [1.29, 1.82) is 0 Å². The maximum Gasteiger partial charge on any atom is 0.295 e. The number of fused-ring (bicyclic) bond motifs is 2. The molecule has 178 valence electrons. The molecule has 35 heavy (non-hydrogen) atoms. The van der Waals surface area contributed by atoms with Gasteiger partial charge in [0.2, 0.25) is 5.76 Å². The van der Waals surface area contributed by atoms with Crippen LogP contribution in [0.3, 0.4) is 0 Å². The Kier molecular flexibility index (Phi) is 6.24. The van der Waals surface area contributed by atoms with E-state index >= 15 is 0 Å². The summed E-state index contributed by atoms with van der Waals surface area (Å²) in [5.41, 5.74) is 4.14. The predicted octanol–water partition coefficient (Wildman–Crippen LogP) is 7.10. The molecule has 6 heteroatoms. The summed E-state index contributed by atoms with van der Waals surface area (Å²) in [7, 11) is 0. The number of amides is 1. The van der Waals surface area contributed by atoms with Gasteiger partial charge in [-0.2, -0.15) is 0 Å². The van der Waals surface area contributed by atoms with Crippen molar-refractivity contribution in [3.05, 3.63) is 103 Å². The molecule has 1 unspecified atom stereocenters. The average Bonchev–Trinajstić information content (AvgIpc) is 3.14. The van der Waals surface area contributed by atoms with Crippen LogP contribution in [0.4, 0.5) is 5.69 Å². The smallest absolute Gasteiger partial charge is 0.295 e. The summed E-state index contributed by atoms with van der Waals surface area (Å²) in [6, 6.07) is 18.2. The Hall–Kier alpha value is -3.38. The fraction of sp³-hybridized carbons (Fsp3) is 0.241. The zero-order valence-corrected chi connectivity index (χ0v) is 21.5. The second-order valence-corrected chi connectivity index (χ2v) is 9.85. The molecule has 0 saturated heterocycles. The third-order valence-corrected chi connectivity index (χ3v) is 7.08. The van der Waals surface area contributed by atoms with Gasteiger partial charge in [0.05, 0.1) is 23.6 Å². The highest BCUT2D eigenvalue weighted by Crippen LogP contribution is 2.42. The maximum atomic E-state index is 13.8. The Balaban J connectivity index is 1.68. The number of aryl methyl sites for hydroxylation is 2. The molecule has 3 aromatic carbocycles. The Morgan fingerprint density at radius 1 is 0.971 bits per heavy atom. The molecule has 5 rings (SSSR count). The van der Waals surface area contributed by atoms with Crippen molar-refractivity contribution in [2.45, 2.75) is 39.7 Å². The minimum atomic E-state index is -0.606. The quantitative estimate of drug-likeness (QED) is 0.249. The molecule has 0 N–H and O–H groups in total. The zero-order chi connectivity index (χ0) is 24.7. The zero-order valence-electron chi connectivity index (χ0n) is 19.9. The first-order chi connectivity index (χ1) is 16.9. The summed E-state index contributed by atoms with van der Waals surface area (Å²) in [6.45, 7) is 6.70. The van der Waals surface area contributed by atoms with E-state index in [1.807, 2.05) is 74.5 Å². The third-order valence-electron chi connectivity index (χ3n) is 6.55. The van der Waals surface area contributed by atoms with Crippen molar-refractivity contribution in [3.8, 4) is 5.75 Å². The highest BCUT2D eigenvalue weighted by atomic mass is 79.9. The number of hydrogen-bond donors (Lipinski definition) is 0. The summed E-state index contributed by atoms with van der Waals surface area (Å²) >= 11 is 3.46. The van der Waals surface area contributed by atoms with Gasteiger partial charge in [-0.25, -0.2) is 0 Å². The number of hydrogen-bond acceptors (Lipinski definition) is 4. The van der Waals surface area contributed by atoms with Crippen molar-refractivity contribution in [3.63, 3.8) is 0 Å². The minimum Gasteiger partial charge on any atom is -0.494 e. The van der Waals surface area contributed by atoms with E-state index in [1.54, 1.807) is 4.90 Å². The van der Waals surface area contributed by atoms with E-state index in [-0.39, 0.29) is 17.1 Å². The fourth-order valence-corrected chi connectivity index (χ4v) is 4.76. The molecule has 1 atom stereocenters. The van der Waals surface area contributed by atoms with Crippen LogP contribution in [0.25, 0.3) is 11.0 Å². The standard InChI is InChI=1S/C29H26BrNO4/c1-4-5-14-34-22-12-6-19(7-13-22)26-25-27(32)23-15-17(2)18(3)16-24(23)35-28(25)29(33)31(26)21-10-8-20(30)9-11-21/h6-13,15-16,26H,4-5,14H2,1-3H3. The minimum absolute atomic E-state index is 0.0990. The van der Waals surface area contributed by atoms with Gasteiger partial charge in [0.25, 0.3) is 5.91 Å². The van der Waals surface area contributed by atoms with Gasteiger partial charge >= 0.3 is 0 Å². The van der Waals surface area contributed by atoms with E-state index in [0.29, 0.717) is 28.8 Å². The van der Waals surface area contributed by atoms with Crippen LogP contribution < -0.4 is 15.1 Å². The Bertz CT molecular complexity index is 1470. The largest absolute Gasteiger partial charge is 0.494 e. The highest BCUT2D eigenvalue weighted by Gasteiger charge is 2.43. The number of rotatable bonds is 6. The van der Waals surface area contributed by atoms with Crippen LogP contribution in [-0.4, -0.2) is 12.5 Å². The van der Waals surface area contributed by atoms with E-state index in [9.17, 15) is 9.59 Å². The second kappa shape index (κ2) is 9.34. The van der Waals surface area contributed by atoms with Gasteiger partial charge < -0.3 is 9.15 Å². The van der Waals surface area contributed by atoms with Crippen molar-refractivity contribution < 1.29 is 13.9 Å². The van der Waals surface area contributed by atoms with E-state index in [2.05, 4.69) is 22.9 Å². The van der Waals surface area contributed by atoms with Crippen LogP contribution in [0, 0.1) is 13.8 Å². The first kappa shape index (κ1) is 23.4. The predicted molar refractivity (Wildman–Crippen MR) is 142 cm³/mol. The van der Waals surface area contributed by atoms with Gasteiger partial charge in [-0.3, -0.25) is 14.5 Å². The van der Waals surface area contributed by atoms with Crippen LogP contribution in [0.2, 0.25) is 0 Å². The average molecular weight is 532 g/mol. The van der Waals surface area contributed by atoms with Gasteiger partial charge in [0.15, 0.2) is 5.43 Å². The molecule has 0 radical (unpaired) electrons. The fourth-order valence-electron chi connectivity index (χ4n) is 4.49. The van der Waals surface area contributed by atoms with Gasteiger partial charge in [0, 0.05) is 10.2 Å². The summed E-state index contributed by atoms with van der Waals surface area (Å²) in [4.78, 5) is 29.2. The van der Waals surface area contributed by atoms with Gasteiger partial charge in [-0.05, 0) is 85.5 Å². The van der Waals surface area contributed by atoms with Crippen LogP contribution in [0.15, 0.2) is 74.3 Å². The Morgan fingerprint density at radius 3 is 2.34 bits per heavy atom. The first-order valence-corrected chi connectivity index (χ1v) is 12.6. The normalized spacial score (nSPS) is 15.0. The second-order valence-electron chi connectivity index (χ2n) is 8.93. The molecule has 5 nitrogen and oxygen atoms in total. The molecule has 1 aliphatic rings. The molecule has 0 bridgehead atoms. The lowest BCUT2D eigenvalue weighted by Crippen LogP contribution is -2.29. The molecule has 1 amide bonds. The van der Waals surface area contributed by atoms with E-state index in [0.717, 1.165) is 39.8 Å². The molecule has 1 aromatic heterocycles. The molecular formula is C29H26BrNO4. The number of carbonyl (C=O) groups is 1. The van der Waals surface area contributed by atoms with Crippen molar-refractivity contribution in [1.82, 2.24) is 0 Å². The Morgan fingerprint density at radius 2 is 1.66 bits per heavy atom. The number of carbonyl (C=O) groups excluding carboxylic acids is 1. The lowest BCUT2D eigenvalue weighted by Gasteiger charge is -2.25. The number of unbranched alkanes of at least 4 members (excludes halogenated alkanes) is 1. The number of ether oxygens (including phenoxy) is 1. The molecule has 0 fully saturated rings. The van der Waals surface area contributed by atoms with Gasteiger partial charge in [-0.15, -0.1) is 0 Å². The maximum absolute atomic E-state index is 13.8. The molecular weight excluding hydrogens is 506 g/mol. The molecule has 4 aromatic rings. The molecule has 1 aliphatic heterocycles. The van der Waals surface area contributed by atoms with Crippen LogP contribution >= 0.6 is 15.9 Å². The SMILES string of the molecule is CCCCOc1ccc(C2c3c(oc4cc(C)c(C)cc4c3=O)C(=O)N2c2ccc(Br)cc2)cc1. The van der Waals surface area contributed by atoms with Crippen LogP contribution in [-0.2, 0) is 0 Å².